The van der Waals surface area contributed by atoms with Crippen molar-refractivity contribution in [3.05, 3.63) is 47.2 Å². The summed E-state index contributed by atoms with van der Waals surface area (Å²) in [5.41, 5.74) is 9.28. The van der Waals surface area contributed by atoms with Crippen LogP contribution in [0.4, 0.5) is 5.69 Å². The summed E-state index contributed by atoms with van der Waals surface area (Å²) in [6.45, 7) is 5.44. The molecule has 0 fully saturated rings. The zero-order valence-electron chi connectivity index (χ0n) is 11.6. The van der Waals surface area contributed by atoms with E-state index >= 15 is 0 Å². The highest BCUT2D eigenvalue weighted by Gasteiger charge is 2.21. The molecule has 5 heteroatoms. The second-order valence-electron chi connectivity index (χ2n) is 4.90. The first-order valence-electron chi connectivity index (χ1n) is 6.33. The molecule has 0 saturated carbocycles. The molecule has 0 amide bonds. The summed E-state index contributed by atoms with van der Waals surface area (Å²) in [4.78, 5) is 17.2. The van der Waals surface area contributed by atoms with E-state index in [4.69, 9.17) is 10.2 Å². The maximum atomic E-state index is 12.8. The lowest BCUT2D eigenvalue weighted by Gasteiger charge is -2.06. The molecular formula is C15H15N3O2. The van der Waals surface area contributed by atoms with E-state index in [0.29, 0.717) is 28.4 Å². The molecule has 0 aliphatic rings. The Balaban J connectivity index is 2.27. The lowest BCUT2D eigenvalue weighted by Crippen LogP contribution is -2.15. The van der Waals surface area contributed by atoms with Gasteiger partial charge in [0.1, 0.15) is 11.6 Å². The van der Waals surface area contributed by atoms with Gasteiger partial charge in [-0.2, -0.15) is 0 Å². The number of rotatable bonds is 1. The van der Waals surface area contributed by atoms with Gasteiger partial charge in [0.2, 0.25) is 0 Å². The standard InChI is InChI=1S/C15H15N3O2/c1-8-7-20-9(2)14(8)15(19)18-10(3)17-12-5-4-11(16)6-13(12)18/h4-7H,16H2,1-3H3. The first kappa shape index (κ1) is 12.5. The average Bonchev–Trinajstić information content (AvgIpc) is 2.88. The zero-order chi connectivity index (χ0) is 14.4. The number of carbonyl (C=O) groups is 1. The van der Waals surface area contributed by atoms with Crippen molar-refractivity contribution < 1.29 is 9.21 Å². The fourth-order valence-corrected chi connectivity index (χ4v) is 2.47. The molecule has 0 bridgehead atoms. The van der Waals surface area contributed by atoms with E-state index in [1.54, 1.807) is 36.8 Å². The number of nitrogens with two attached hydrogens (primary N) is 1. The Kier molecular flexibility index (Phi) is 2.64. The maximum absolute atomic E-state index is 12.8. The fraction of sp³-hybridized carbons (Fsp3) is 0.200. The van der Waals surface area contributed by atoms with Gasteiger partial charge >= 0.3 is 0 Å². The van der Waals surface area contributed by atoms with Crippen LogP contribution in [0.1, 0.15) is 27.5 Å². The van der Waals surface area contributed by atoms with Gasteiger partial charge in [-0.15, -0.1) is 0 Å². The van der Waals surface area contributed by atoms with E-state index in [0.717, 1.165) is 11.1 Å². The number of aryl methyl sites for hydroxylation is 3. The second kappa shape index (κ2) is 4.23. The zero-order valence-corrected chi connectivity index (χ0v) is 11.6. The number of benzene rings is 1. The molecule has 0 aliphatic carbocycles. The molecule has 1 aromatic carbocycles. The van der Waals surface area contributed by atoms with Crippen LogP contribution in [0.3, 0.4) is 0 Å². The van der Waals surface area contributed by atoms with Gasteiger partial charge in [-0.3, -0.25) is 9.36 Å². The van der Waals surface area contributed by atoms with Gasteiger partial charge < -0.3 is 10.2 Å². The molecule has 0 saturated heterocycles. The smallest absolute Gasteiger partial charge is 0.267 e. The molecule has 20 heavy (non-hydrogen) atoms. The van der Waals surface area contributed by atoms with Crippen LogP contribution in [-0.2, 0) is 0 Å². The van der Waals surface area contributed by atoms with E-state index in [1.165, 1.54) is 0 Å². The number of nitrogen functional groups attached to an aromatic ring is 1. The molecule has 3 rings (SSSR count). The van der Waals surface area contributed by atoms with Crippen molar-refractivity contribution in [1.29, 1.82) is 0 Å². The van der Waals surface area contributed by atoms with Crippen molar-refractivity contribution in [2.45, 2.75) is 20.8 Å². The monoisotopic (exact) mass is 269 g/mol. The summed E-state index contributed by atoms with van der Waals surface area (Å²) in [5.74, 6) is 1.10. The summed E-state index contributed by atoms with van der Waals surface area (Å²) >= 11 is 0. The van der Waals surface area contributed by atoms with Crippen LogP contribution < -0.4 is 5.73 Å². The van der Waals surface area contributed by atoms with Crippen LogP contribution in [0.15, 0.2) is 28.9 Å². The van der Waals surface area contributed by atoms with Gasteiger partial charge in [-0.05, 0) is 39.0 Å². The van der Waals surface area contributed by atoms with Crippen molar-refractivity contribution in [3.8, 4) is 0 Å². The molecule has 2 N–H and O–H groups in total. The van der Waals surface area contributed by atoms with Gasteiger partial charge in [-0.25, -0.2) is 4.98 Å². The minimum atomic E-state index is -0.139. The highest BCUT2D eigenvalue weighted by molar-refractivity contribution is 6.03. The SMILES string of the molecule is Cc1coc(C)c1C(=O)n1c(C)nc2ccc(N)cc21. The quantitative estimate of drug-likeness (QED) is 0.689. The number of hydrogen-bond donors (Lipinski definition) is 1. The second-order valence-corrected chi connectivity index (χ2v) is 4.90. The molecule has 0 spiro atoms. The summed E-state index contributed by atoms with van der Waals surface area (Å²) in [6.07, 6.45) is 1.59. The molecular weight excluding hydrogens is 254 g/mol. The summed E-state index contributed by atoms with van der Waals surface area (Å²) in [6, 6.07) is 5.35. The number of fused-ring (bicyclic) bond motifs is 1. The number of hydrogen-bond acceptors (Lipinski definition) is 4. The van der Waals surface area contributed by atoms with E-state index in [2.05, 4.69) is 4.98 Å². The molecule has 2 heterocycles. The van der Waals surface area contributed by atoms with Gasteiger partial charge in [-0.1, -0.05) is 0 Å². The first-order valence-corrected chi connectivity index (χ1v) is 6.33. The van der Waals surface area contributed by atoms with Crippen LogP contribution >= 0.6 is 0 Å². The van der Waals surface area contributed by atoms with Gasteiger partial charge in [0.05, 0.1) is 22.9 Å². The predicted octanol–water partition coefficient (Wildman–Crippen LogP) is 2.83. The third kappa shape index (κ3) is 1.71. The van der Waals surface area contributed by atoms with E-state index in [1.807, 2.05) is 13.0 Å². The fourth-order valence-electron chi connectivity index (χ4n) is 2.47. The third-order valence-corrected chi connectivity index (χ3v) is 3.42. The number of carbonyl (C=O) groups excluding carboxylic acids is 1. The van der Waals surface area contributed by atoms with Crippen molar-refractivity contribution in [1.82, 2.24) is 9.55 Å². The van der Waals surface area contributed by atoms with Crippen LogP contribution in [0, 0.1) is 20.8 Å². The molecule has 2 aromatic heterocycles. The largest absolute Gasteiger partial charge is 0.469 e. The van der Waals surface area contributed by atoms with Crippen LogP contribution in [0.2, 0.25) is 0 Å². The Morgan fingerprint density at radius 3 is 2.70 bits per heavy atom. The molecule has 102 valence electrons. The molecule has 0 unspecified atom stereocenters. The number of anilines is 1. The highest BCUT2D eigenvalue weighted by Crippen LogP contribution is 2.23. The minimum absolute atomic E-state index is 0.139. The summed E-state index contributed by atoms with van der Waals surface area (Å²) in [5, 5.41) is 0. The van der Waals surface area contributed by atoms with Gasteiger partial charge in [0.15, 0.2) is 0 Å². The predicted molar refractivity (Wildman–Crippen MR) is 76.8 cm³/mol. The van der Waals surface area contributed by atoms with E-state index in [9.17, 15) is 4.79 Å². The van der Waals surface area contributed by atoms with Crippen molar-refractivity contribution >= 4 is 22.6 Å². The van der Waals surface area contributed by atoms with Gasteiger partial charge in [0.25, 0.3) is 5.91 Å². The average molecular weight is 269 g/mol. The number of aromatic nitrogens is 2. The Morgan fingerprint density at radius 2 is 2.05 bits per heavy atom. The number of imidazole rings is 1. The van der Waals surface area contributed by atoms with Crippen LogP contribution in [-0.4, -0.2) is 15.5 Å². The van der Waals surface area contributed by atoms with Crippen LogP contribution in [0.25, 0.3) is 11.0 Å². The van der Waals surface area contributed by atoms with Crippen molar-refractivity contribution in [2.24, 2.45) is 0 Å². The Bertz CT molecular complexity index is 808. The summed E-state index contributed by atoms with van der Waals surface area (Å²) < 4.78 is 6.89. The van der Waals surface area contributed by atoms with Gasteiger partial charge in [0, 0.05) is 11.3 Å². The number of furan rings is 1. The Labute approximate surface area is 116 Å². The first-order chi connectivity index (χ1) is 9.49. The molecule has 0 radical (unpaired) electrons. The van der Waals surface area contributed by atoms with E-state index in [-0.39, 0.29) is 5.91 Å². The minimum Gasteiger partial charge on any atom is -0.469 e. The van der Waals surface area contributed by atoms with E-state index < -0.39 is 0 Å². The molecule has 5 nitrogen and oxygen atoms in total. The molecule has 3 aromatic rings. The van der Waals surface area contributed by atoms with Crippen molar-refractivity contribution in [3.63, 3.8) is 0 Å². The lowest BCUT2D eigenvalue weighted by molar-refractivity contribution is 0.0960. The highest BCUT2D eigenvalue weighted by atomic mass is 16.3. The topological polar surface area (TPSA) is 74.0 Å². The molecule has 0 atom stereocenters. The third-order valence-electron chi connectivity index (χ3n) is 3.42. The Morgan fingerprint density at radius 1 is 1.30 bits per heavy atom. The maximum Gasteiger partial charge on any atom is 0.267 e. The molecule has 0 aliphatic heterocycles. The van der Waals surface area contributed by atoms with Crippen molar-refractivity contribution in [2.75, 3.05) is 5.73 Å². The van der Waals surface area contributed by atoms with Crippen LogP contribution in [0.5, 0.6) is 0 Å². The lowest BCUT2D eigenvalue weighted by atomic mass is 10.1. The Hall–Kier alpha value is -2.56. The summed E-state index contributed by atoms with van der Waals surface area (Å²) in [7, 11) is 0. The normalized spacial score (nSPS) is 11.2. The number of nitrogens with zero attached hydrogens (tertiary/aromatic N) is 2.